The monoisotopic (exact) mass is 239 g/mol. The van der Waals surface area contributed by atoms with Gasteiger partial charge in [0.2, 0.25) is 0 Å². The Morgan fingerprint density at radius 1 is 1.06 bits per heavy atom. The number of hydrogen-bond acceptors (Lipinski definition) is 2. The fraction of sp³-hybridized carbons (Fsp3) is 0.125. The summed E-state index contributed by atoms with van der Waals surface area (Å²) in [5.74, 6) is 0.862. The topological polar surface area (TPSA) is 21.3 Å². The molecule has 2 aromatic carbocycles. The molecule has 0 aliphatic heterocycles. The second kappa shape index (κ2) is 5.92. The minimum Gasteiger partial charge on any atom is -0.497 e. The Morgan fingerprint density at radius 3 is 2.28 bits per heavy atom. The highest BCUT2D eigenvalue weighted by atomic mass is 16.5. The quantitative estimate of drug-likeness (QED) is 0.795. The van der Waals surface area contributed by atoms with Gasteiger partial charge in [0.15, 0.2) is 0 Å². The van der Waals surface area contributed by atoms with Crippen molar-refractivity contribution >= 4 is 5.69 Å². The second-order valence-electron chi connectivity index (χ2n) is 4.00. The smallest absolute Gasteiger partial charge is 0.118 e. The van der Waals surface area contributed by atoms with Crippen LogP contribution in [0.2, 0.25) is 0 Å². The van der Waals surface area contributed by atoms with Gasteiger partial charge in [-0.25, -0.2) is 0 Å². The molecule has 2 rings (SSSR count). The summed E-state index contributed by atoms with van der Waals surface area (Å²) in [6, 6.07) is 18.2. The van der Waals surface area contributed by atoms with E-state index in [9.17, 15) is 0 Å². The van der Waals surface area contributed by atoms with Gasteiger partial charge in [0, 0.05) is 5.69 Å². The number of benzene rings is 2. The first-order valence-corrected chi connectivity index (χ1v) is 5.91. The van der Waals surface area contributed by atoms with Crippen LogP contribution in [-0.2, 0) is 0 Å². The molecule has 92 valence electrons. The lowest BCUT2D eigenvalue weighted by molar-refractivity contribution is 0.414. The summed E-state index contributed by atoms with van der Waals surface area (Å²) in [5.41, 5.74) is 2.24. The van der Waals surface area contributed by atoms with Crippen molar-refractivity contribution in [2.45, 2.75) is 6.04 Å². The molecular formula is C16H17NO. The molecule has 0 aromatic heterocycles. The molecule has 0 saturated heterocycles. The Morgan fingerprint density at radius 2 is 1.72 bits per heavy atom. The predicted molar refractivity (Wildman–Crippen MR) is 76.0 cm³/mol. The van der Waals surface area contributed by atoms with Crippen LogP contribution in [0.1, 0.15) is 11.6 Å². The van der Waals surface area contributed by atoms with Crippen LogP contribution in [-0.4, -0.2) is 7.11 Å². The van der Waals surface area contributed by atoms with E-state index in [-0.39, 0.29) is 6.04 Å². The number of nitrogens with one attached hydrogen (secondary N) is 1. The van der Waals surface area contributed by atoms with Crippen LogP contribution >= 0.6 is 0 Å². The Hall–Kier alpha value is -2.22. The summed E-state index contributed by atoms with van der Waals surface area (Å²) in [4.78, 5) is 0. The summed E-state index contributed by atoms with van der Waals surface area (Å²) < 4.78 is 5.15. The van der Waals surface area contributed by atoms with E-state index >= 15 is 0 Å². The van der Waals surface area contributed by atoms with Crippen LogP contribution < -0.4 is 10.1 Å². The molecular weight excluding hydrogens is 222 g/mol. The number of hydrogen-bond donors (Lipinski definition) is 1. The SMILES string of the molecule is C=C[C@@H](Nc1ccccc1)c1ccc(OC)cc1. The zero-order valence-corrected chi connectivity index (χ0v) is 10.5. The zero-order valence-electron chi connectivity index (χ0n) is 10.5. The highest BCUT2D eigenvalue weighted by molar-refractivity contribution is 5.47. The number of para-hydroxylation sites is 1. The first-order valence-electron chi connectivity index (χ1n) is 5.91. The van der Waals surface area contributed by atoms with Crippen molar-refractivity contribution in [3.63, 3.8) is 0 Å². The standard InChI is InChI=1S/C16H17NO/c1-3-16(17-14-7-5-4-6-8-14)13-9-11-15(18-2)12-10-13/h3-12,16-17H,1H2,2H3/t16-/m1/s1. The fourth-order valence-corrected chi connectivity index (χ4v) is 1.80. The van der Waals surface area contributed by atoms with E-state index in [0.29, 0.717) is 0 Å². The Balaban J connectivity index is 2.15. The number of ether oxygens (including phenoxy) is 1. The Kier molecular flexibility index (Phi) is 4.02. The van der Waals surface area contributed by atoms with Crippen LogP contribution in [0.3, 0.4) is 0 Å². The third-order valence-electron chi connectivity index (χ3n) is 2.81. The maximum Gasteiger partial charge on any atom is 0.118 e. The minimum absolute atomic E-state index is 0.0957. The minimum atomic E-state index is 0.0957. The lowest BCUT2D eigenvalue weighted by atomic mass is 10.1. The van der Waals surface area contributed by atoms with Crippen LogP contribution in [0, 0.1) is 0 Å². The van der Waals surface area contributed by atoms with Gasteiger partial charge in [-0.05, 0) is 29.8 Å². The molecule has 0 bridgehead atoms. The van der Waals surface area contributed by atoms with Gasteiger partial charge in [-0.1, -0.05) is 36.4 Å². The van der Waals surface area contributed by atoms with E-state index in [1.54, 1.807) is 7.11 Å². The summed E-state index contributed by atoms with van der Waals surface area (Å²) >= 11 is 0. The number of anilines is 1. The van der Waals surface area contributed by atoms with Crippen LogP contribution in [0.15, 0.2) is 67.3 Å². The molecule has 18 heavy (non-hydrogen) atoms. The van der Waals surface area contributed by atoms with Crippen molar-refractivity contribution in [3.05, 3.63) is 72.8 Å². The van der Waals surface area contributed by atoms with Crippen molar-refractivity contribution in [2.75, 3.05) is 12.4 Å². The van der Waals surface area contributed by atoms with E-state index in [1.807, 2.05) is 60.7 Å². The third kappa shape index (κ3) is 2.92. The molecule has 0 unspecified atom stereocenters. The van der Waals surface area contributed by atoms with Gasteiger partial charge in [0.1, 0.15) is 5.75 Å². The molecule has 0 radical (unpaired) electrons. The molecule has 0 amide bonds. The molecule has 0 aliphatic rings. The van der Waals surface area contributed by atoms with E-state index in [2.05, 4.69) is 11.9 Å². The summed E-state index contributed by atoms with van der Waals surface area (Å²) in [6.45, 7) is 3.88. The van der Waals surface area contributed by atoms with E-state index in [4.69, 9.17) is 4.74 Å². The molecule has 0 fully saturated rings. The average Bonchev–Trinajstić information content (AvgIpc) is 2.46. The molecule has 0 aliphatic carbocycles. The van der Waals surface area contributed by atoms with Gasteiger partial charge < -0.3 is 10.1 Å². The van der Waals surface area contributed by atoms with Crippen molar-refractivity contribution in [2.24, 2.45) is 0 Å². The van der Waals surface area contributed by atoms with Gasteiger partial charge in [0.05, 0.1) is 13.2 Å². The predicted octanol–water partition coefficient (Wildman–Crippen LogP) is 4.03. The molecule has 0 spiro atoms. The fourth-order valence-electron chi connectivity index (χ4n) is 1.80. The first-order chi connectivity index (χ1) is 8.83. The van der Waals surface area contributed by atoms with Gasteiger partial charge in [-0.3, -0.25) is 0 Å². The van der Waals surface area contributed by atoms with Crippen molar-refractivity contribution < 1.29 is 4.74 Å². The van der Waals surface area contributed by atoms with Crippen LogP contribution in [0.25, 0.3) is 0 Å². The van der Waals surface area contributed by atoms with E-state index in [0.717, 1.165) is 17.0 Å². The lowest BCUT2D eigenvalue weighted by Gasteiger charge is -2.16. The first kappa shape index (κ1) is 12.2. The average molecular weight is 239 g/mol. The summed E-state index contributed by atoms with van der Waals surface area (Å²) in [6.07, 6.45) is 1.90. The van der Waals surface area contributed by atoms with Gasteiger partial charge in [0.25, 0.3) is 0 Å². The molecule has 2 nitrogen and oxygen atoms in total. The molecule has 2 aromatic rings. The largest absolute Gasteiger partial charge is 0.497 e. The van der Waals surface area contributed by atoms with Crippen molar-refractivity contribution in [1.29, 1.82) is 0 Å². The van der Waals surface area contributed by atoms with Crippen LogP contribution in [0.5, 0.6) is 5.75 Å². The van der Waals surface area contributed by atoms with E-state index < -0.39 is 0 Å². The molecule has 1 atom stereocenters. The summed E-state index contributed by atoms with van der Waals surface area (Å²) in [7, 11) is 1.67. The van der Waals surface area contributed by atoms with Crippen molar-refractivity contribution in [3.8, 4) is 5.75 Å². The van der Waals surface area contributed by atoms with E-state index in [1.165, 1.54) is 0 Å². The number of rotatable bonds is 5. The number of methoxy groups -OCH3 is 1. The normalized spacial score (nSPS) is 11.6. The highest BCUT2D eigenvalue weighted by Gasteiger charge is 2.06. The van der Waals surface area contributed by atoms with Gasteiger partial charge in [-0.15, -0.1) is 6.58 Å². The second-order valence-corrected chi connectivity index (χ2v) is 4.00. The Bertz CT molecular complexity index is 490. The maximum absolute atomic E-state index is 5.15. The summed E-state index contributed by atoms with van der Waals surface area (Å²) in [5, 5.41) is 3.42. The lowest BCUT2D eigenvalue weighted by Crippen LogP contribution is -2.07. The molecule has 2 heteroatoms. The van der Waals surface area contributed by atoms with Crippen molar-refractivity contribution in [1.82, 2.24) is 0 Å². The van der Waals surface area contributed by atoms with Crippen LogP contribution in [0.4, 0.5) is 5.69 Å². The molecule has 0 heterocycles. The zero-order chi connectivity index (χ0) is 12.8. The van der Waals surface area contributed by atoms with Gasteiger partial charge in [-0.2, -0.15) is 0 Å². The Labute approximate surface area is 108 Å². The third-order valence-corrected chi connectivity index (χ3v) is 2.81. The molecule has 0 saturated carbocycles. The van der Waals surface area contributed by atoms with Gasteiger partial charge >= 0.3 is 0 Å². The maximum atomic E-state index is 5.15. The highest BCUT2D eigenvalue weighted by Crippen LogP contribution is 2.22. The molecule has 1 N–H and O–H groups in total.